The number of carbonyl (C=O) groups excluding carboxylic acids is 2. The third kappa shape index (κ3) is 3.67. The highest BCUT2D eigenvalue weighted by Gasteiger charge is 2.19. The molecule has 5 nitrogen and oxygen atoms in total. The summed E-state index contributed by atoms with van der Waals surface area (Å²) in [4.78, 5) is 29.1. The van der Waals surface area contributed by atoms with Crippen molar-refractivity contribution in [2.24, 2.45) is 0 Å². The van der Waals surface area contributed by atoms with E-state index < -0.39 is 5.97 Å². The van der Waals surface area contributed by atoms with Crippen LogP contribution in [0.15, 0.2) is 18.3 Å². The van der Waals surface area contributed by atoms with Gasteiger partial charge in [-0.3, -0.25) is 4.79 Å². The molecule has 0 atom stereocenters. The van der Waals surface area contributed by atoms with E-state index >= 15 is 0 Å². The van der Waals surface area contributed by atoms with E-state index in [0.717, 1.165) is 32.4 Å². The van der Waals surface area contributed by atoms with Gasteiger partial charge in [0.25, 0.3) is 5.91 Å². The first-order valence-electron chi connectivity index (χ1n) is 6.24. The normalized spacial score (nSPS) is 15.1. The molecule has 0 radical (unpaired) electrons. The third-order valence-electron chi connectivity index (χ3n) is 3.01. The van der Waals surface area contributed by atoms with Gasteiger partial charge in [0.15, 0.2) is 6.61 Å². The van der Waals surface area contributed by atoms with Crippen LogP contribution in [-0.4, -0.2) is 41.5 Å². The molecule has 0 N–H and O–H groups in total. The lowest BCUT2D eigenvalue weighted by atomic mass is 10.1. The van der Waals surface area contributed by atoms with Crippen molar-refractivity contribution in [2.45, 2.75) is 19.3 Å². The average Bonchev–Trinajstić information content (AvgIpc) is 2.46. The number of nitrogens with zero attached hydrogens (tertiary/aromatic N) is 2. The second-order valence-corrected chi connectivity index (χ2v) is 4.72. The van der Waals surface area contributed by atoms with Crippen LogP contribution in [0.4, 0.5) is 0 Å². The van der Waals surface area contributed by atoms with Crippen LogP contribution < -0.4 is 0 Å². The van der Waals surface area contributed by atoms with Crippen molar-refractivity contribution < 1.29 is 14.3 Å². The van der Waals surface area contributed by atoms with Crippen molar-refractivity contribution in [3.05, 3.63) is 29.0 Å². The quantitative estimate of drug-likeness (QED) is 0.628. The summed E-state index contributed by atoms with van der Waals surface area (Å²) in [5, 5.41) is 0.0814. The van der Waals surface area contributed by atoms with Gasteiger partial charge in [-0.1, -0.05) is 11.6 Å². The SMILES string of the molecule is O=C(OCC(=O)N1CCCCC1)c1cccnc1Cl. The van der Waals surface area contributed by atoms with Crippen LogP contribution in [0.5, 0.6) is 0 Å². The maximum Gasteiger partial charge on any atom is 0.341 e. The van der Waals surface area contributed by atoms with Crippen LogP contribution in [0.1, 0.15) is 29.6 Å². The number of rotatable bonds is 3. The fraction of sp³-hybridized carbons (Fsp3) is 0.462. The van der Waals surface area contributed by atoms with Gasteiger partial charge >= 0.3 is 5.97 Å². The lowest BCUT2D eigenvalue weighted by Crippen LogP contribution is -2.38. The Bertz CT molecular complexity index is 473. The molecule has 1 fully saturated rings. The van der Waals surface area contributed by atoms with E-state index in [1.165, 1.54) is 12.3 Å². The monoisotopic (exact) mass is 282 g/mol. The zero-order chi connectivity index (χ0) is 13.7. The predicted molar refractivity (Wildman–Crippen MR) is 70.0 cm³/mol. The van der Waals surface area contributed by atoms with Gasteiger partial charge in [-0.25, -0.2) is 9.78 Å². The molecule has 1 aromatic rings. The Balaban J connectivity index is 1.86. The van der Waals surface area contributed by atoms with Crippen LogP contribution in [0.25, 0.3) is 0 Å². The summed E-state index contributed by atoms with van der Waals surface area (Å²) in [6.07, 6.45) is 4.65. The molecule has 1 aliphatic rings. The Hall–Kier alpha value is -1.62. The van der Waals surface area contributed by atoms with Crippen LogP contribution in [0, 0.1) is 0 Å². The summed E-state index contributed by atoms with van der Waals surface area (Å²) in [5.74, 6) is -0.781. The van der Waals surface area contributed by atoms with Crippen molar-refractivity contribution in [3.63, 3.8) is 0 Å². The molecule has 1 aliphatic heterocycles. The molecule has 19 heavy (non-hydrogen) atoms. The second kappa shape index (κ2) is 6.52. The number of aromatic nitrogens is 1. The van der Waals surface area contributed by atoms with Crippen LogP contribution >= 0.6 is 11.6 Å². The highest BCUT2D eigenvalue weighted by Crippen LogP contribution is 2.13. The highest BCUT2D eigenvalue weighted by molar-refractivity contribution is 6.32. The Kier molecular flexibility index (Phi) is 4.74. The standard InChI is InChI=1S/C13H15ClN2O3/c14-12-10(5-4-6-15-12)13(18)19-9-11(17)16-7-2-1-3-8-16/h4-6H,1-3,7-9H2. The summed E-state index contributed by atoms with van der Waals surface area (Å²) in [7, 11) is 0. The van der Waals surface area contributed by atoms with Gasteiger partial charge in [-0.2, -0.15) is 0 Å². The van der Waals surface area contributed by atoms with E-state index in [1.807, 2.05) is 0 Å². The fourth-order valence-corrected chi connectivity index (χ4v) is 2.17. The number of pyridine rings is 1. The molecule has 2 heterocycles. The topological polar surface area (TPSA) is 59.5 Å². The third-order valence-corrected chi connectivity index (χ3v) is 3.32. The molecule has 0 unspecified atom stereocenters. The first-order chi connectivity index (χ1) is 9.18. The Morgan fingerprint density at radius 1 is 1.32 bits per heavy atom. The minimum atomic E-state index is -0.622. The first kappa shape index (κ1) is 13.8. The maximum atomic E-state index is 11.8. The molecule has 0 spiro atoms. The first-order valence-corrected chi connectivity index (χ1v) is 6.61. The second-order valence-electron chi connectivity index (χ2n) is 4.36. The number of halogens is 1. The Morgan fingerprint density at radius 3 is 2.74 bits per heavy atom. The van der Waals surface area contributed by atoms with Crippen molar-refractivity contribution in [1.82, 2.24) is 9.88 Å². The molecule has 6 heteroatoms. The van der Waals surface area contributed by atoms with Crippen LogP contribution in [0.3, 0.4) is 0 Å². The summed E-state index contributed by atoms with van der Waals surface area (Å²) < 4.78 is 4.97. The highest BCUT2D eigenvalue weighted by atomic mass is 35.5. The number of hydrogen-bond donors (Lipinski definition) is 0. The Morgan fingerprint density at radius 2 is 2.05 bits per heavy atom. The number of piperidine rings is 1. The number of carbonyl (C=O) groups is 2. The van der Waals surface area contributed by atoms with Gasteiger partial charge in [0.05, 0.1) is 5.56 Å². The van der Waals surface area contributed by atoms with Gasteiger partial charge in [0.1, 0.15) is 5.15 Å². The zero-order valence-corrected chi connectivity index (χ0v) is 11.2. The molecule has 1 amide bonds. The van der Waals surface area contributed by atoms with Crippen LogP contribution in [0.2, 0.25) is 5.15 Å². The lowest BCUT2D eigenvalue weighted by Gasteiger charge is -2.26. The van der Waals surface area contributed by atoms with E-state index in [-0.39, 0.29) is 23.2 Å². The molecular weight excluding hydrogens is 268 g/mol. The molecule has 0 bridgehead atoms. The number of likely N-dealkylation sites (tertiary alicyclic amines) is 1. The molecule has 102 valence electrons. The molecule has 0 saturated carbocycles. The van der Waals surface area contributed by atoms with E-state index in [4.69, 9.17) is 16.3 Å². The van der Waals surface area contributed by atoms with Gasteiger partial charge < -0.3 is 9.64 Å². The zero-order valence-electron chi connectivity index (χ0n) is 10.5. The minimum Gasteiger partial charge on any atom is -0.452 e. The molecule has 0 aromatic carbocycles. The van der Waals surface area contributed by atoms with Gasteiger partial charge in [-0.05, 0) is 31.4 Å². The molecule has 2 rings (SSSR count). The molecule has 0 aliphatic carbocycles. The summed E-state index contributed by atoms with van der Waals surface area (Å²) >= 11 is 5.78. The van der Waals surface area contributed by atoms with Crippen molar-refractivity contribution >= 4 is 23.5 Å². The molecular formula is C13H15ClN2O3. The van der Waals surface area contributed by atoms with E-state index in [2.05, 4.69) is 4.98 Å². The van der Waals surface area contributed by atoms with Crippen molar-refractivity contribution in [1.29, 1.82) is 0 Å². The predicted octanol–water partition coefficient (Wildman–Crippen LogP) is 1.90. The van der Waals surface area contributed by atoms with E-state index in [0.29, 0.717) is 0 Å². The van der Waals surface area contributed by atoms with Crippen molar-refractivity contribution in [3.8, 4) is 0 Å². The minimum absolute atomic E-state index is 0.0814. The summed E-state index contributed by atoms with van der Waals surface area (Å²) in [5.41, 5.74) is 0.176. The maximum absolute atomic E-state index is 11.8. The van der Waals surface area contributed by atoms with Crippen LogP contribution in [-0.2, 0) is 9.53 Å². The summed E-state index contributed by atoms with van der Waals surface area (Å²) in [6.45, 7) is 1.23. The van der Waals surface area contributed by atoms with Crippen molar-refractivity contribution in [2.75, 3.05) is 19.7 Å². The lowest BCUT2D eigenvalue weighted by molar-refractivity contribution is -0.135. The number of esters is 1. The molecule has 1 aromatic heterocycles. The van der Waals surface area contributed by atoms with Gasteiger partial charge in [-0.15, -0.1) is 0 Å². The van der Waals surface area contributed by atoms with E-state index in [1.54, 1.807) is 11.0 Å². The number of amides is 1. The summed E-state index contributed by atoms with van der Waals surface area (Å²) in [6, 6.07) is 3.11. The van der Waals surface area contributed by atoms with Gasteiger partial charge in [0, 0.05) is 19.3 Å². The number of hydrogen-bond acceptors (Lipinski definition) is 4. The number of ether oxygens (including phenoxy) is 1. The fourth-order valence-electron chi connectivity index (χ4n) is 1.98. The molecule has 1 saturated heterocycles. The average molecular weight is 283 g/mol. The smallest absolute Gasteiger partial charge is 0.341 e. The van der Waals surface area contributed by atoms with E-state index in [9.17, 15) is 9.59 Å². The largest absolute Gasteiger partial charge is 0.452 e. The Labute approximate surface area is 116 Å². The van der Waals surface area contributed by atoms with Gasteiger partial charge in [0.2, 0.25) is 0 Å².